The molecule has 0 unspecified atom stereocenters. The number of carbonyl (C=O) groups excluding carboxylic acids is 2. The number of aromatic nitrogens is 3. The van der Waals surface area contributed by atoms with Gasteiger partial charge in [-0.15, -0.1) is 0 Å². The van der Waals surface area contributed by atoms with Gasteiger partial charge in [0.25, 0.3) is 12.4 Å². The van der Waals surface area contributed by atoms with Gasteiger partial charge in [0.15, 0.2) is 0 Å². The van der Waals surface area contributed by atoms with Crippen molar-refractivity contribution < 1.29 is 19.1 Å². The zero-order valence-corrected chi connectivity index (χ0v) is 30.7. The number of nitrogens with zero attached hydrogens (tertiary/aromatic N) is 4. The zero-order chi connectivity index (χ0) is 34.3. The van der Waals surface area contributed by atoms with Gasteiger partial charge < -0.3 is 18.9 Å². The highest BCUT2D eigenvalue weighted by atomic mass is 79.9. The van der Waals surface area contributed by atoms with Crippen LogP contribution in [0, 0.1) is 27.7 Å². The highest BCUT2D eigenvalue weighted by Crippen LogP contribution is 2.43. The molecule has 0 saturated heterocycles. The van der Waals surface area contributed by atoms with Crippen molar-refractivity contribution in [2.45, 2.75) is 60.0 Å². The molecule has 5 aromatic rings. The molecule has 1 aliphatic rings. The van der Waals surface area contributed by atoms with E-state index in [2.05, 4.69) is 20.5 Å². The van der Waals surface area contributed by atoms with E-state index >= 15 is 0 Å². The summed E-state index contributed by atoms with van der Waals surface area (Å²) >= 11 is 16.9. The maximum absolute atomic E-state index is 14.7. The Kier molecular flexibility index (Phi) is 9.93. The van der Waals surface area contributed by atoms with Crippen LogP contribution in [-0.2, 0) is 31.4 Å². The van der Waals surface area contributed by atoms with Crippen LogP contribution < -0.4 is 9.47 Å². The minimum atomic E-state index is -0.0527. The Labute approximate surface area is 298 Å². The normalized spacial score (nSPS) is 13.2. The highest BCUT2D eigenvalue weighted by Gasteiger charge is 2.32. The number of rotatable bonds is 10. The molecule has 0 fully saturated rings. The van der Waals surface area contributed by atoms with Crippen molar-refractivity contribution in [1.82, 2.24) is 19.2 Å². The number of carbonyl (C=O) groups is 2. The van der Waals surface area contributed by atoms with Crippen molar-refractivity contribution in [1.29, 1.82) is 0 Å². The standard InChI is InChI=1S/C37H37BrCl2N4O4/c1-21-14-27(15-22(2)34(21)40)47-13-6-8-29-30-9-10-31(39)33(32-23(3)41-42(5)24(32)4)35(30)44-12-7-11-43(37(46)36(29)44)19-25-16-26(38)18-28(17-25)48-20-45/h9-10,14-18,20H,6-8,11-13,19H2,1-5H3. The van der Waals surface area contributed by atoms with Crippen molar-refractivity contribution in [2.75, 3.05) is 13.2 Å². The molecule has 0 radical (unpaired) electrons. The summed E-state index contributed by atoms with van der Waals surface area (Å²) in [7, 11) is 1.93. The third-order valence-electron chi connectivity index (χ3n) is 9.07. The summed E-state index contributed by atoms with van der Waals surface area (Å²) in [5, 5.41) is 7.07. The number of aryl methyl sites for hydroxylation is 6. The van der Waals surface area contributed by atoms with Crippen LogP contribution in [0.25, 0.3) is 22.0 Å². The number of hydrogen-bond acceptors (Lipinski definition) is 5. The number of amides is 1. The summed E-state index contributed by atoms with van der Waals surface area (Å²) < 4.78 is 16.1. The van der Waals surface area contributed by atoms with Crippen molar-refractivity contribution in [2.24, 2.45) is 7.05 Å². The van der Waals surface area contributed by atoms with Gasteiger partial charge in [0.2, 0.25) is 0 Å². The molecule has 3 heterocycles. The van der Waals surface area contributed by atoms with Crippen LogP contribution >= 0.6 is 39.1 Å². The van der Waals surface area contributed by atoms with E-state index in [1.807, 2.05) is 74.7 Å². The van der Waals surface area contributed by atoms with Crippen molar-refractivity contribution in [3.63, 3.8) is 0 Å². The first-order chi connectivity index (χ1) is 23.0. The minimum Gasteiger partial charge on any atom is -0.494 e. The van der Waals surface area contributed by atoms with Gasteiger partial charge in [-0.1, -0.05) is 45.2 Å². The van der Waals surface area contributed by atoms with Gasteiger partial charge in [0.1, 0.15) is 17.2 Å². The molecular formula is C37H37BrCl2N4O4. The summed E-state index contributed by atoms with van der Waals surface area (Å²) in [6, 6.07) is 13.3. The highest BCUT2D eigenvalue weighted by molar-refractivity contribution is 9.10. The Bertz CT molecular complexity index is 2050. The predicted molar refractivity (Wildman–Crippen MR) is 194 cm³/mol. The lowest BCUT2D eigenvalue weighted by molar-refractivity contribution is -0.120. The molecule has 11 heteroatoms. The third kappa shape index (κ3) is 6.48. The second-order valence-electron chi connectivity index (χ2n) is 12.4. The summed E-state index contributed by atoms with van der Waals surface area (Å²) in [5.41, 5.74) is 9.18. The van der Waals surface area contributed by atoms with E-state index in [0.29, 0.717) is 62.0 Å². The molecule has 1 amide bonds. The Balaban J connectivity index is 1.43. The van der Waals surface area contributed by atoms with E-state index in [4.69, 9.17) is 37.8 Å². The second-order valence-corrected chi connectivity index (χ2v) is 14.1. The quantitative estimate of drug-likeness (QED) is 0.105. The van der Waals surface area contributed by atoms with Gasteiger partial charge in [-0.25, -0.2) is 0 Å². The van der Waals surface area contributed by atoms with Crippen LogP contribution in [0.15, 0.2) is 46.9 Å². The lowest BCUT2D eigenvalue weighted by Crippen LogP contribution is -2.31. The predicted octanol–water partition coefficient (Wildman–Crippen LogP) is 8.94. The zero-order valence-electron chi connectivity index (χ0n) is 27.6. The monoisotopic (exact) mass is 750 g/mol. The van der Waals surface area contributed by atoms with E-state index in [0.717, 1.165) is 77.3 Å². The number of hydrogen-bond donors (Lipinski definition) is 0. The van der Waals surface area contributed by atoms with E-state index in [-0.39, 0.29) is 5.91 Å². The largest absolute Gasteiger partial charge is 0.494 e. The van der Waals surface area contributed by atoms with Crippen LogP contribution in [0.1, 0.15) is 57.0 Å². The SMILES string of the molecule is Cc1cc(OCCCc2c3n(c4c(-c5c(C)nn(C)c5C)c(Cl)ccc24)CCCN(Cc2cc(Br)cc(OC=O)c2)C3=O)cc(C)c1Cl. The maximum Gasteiger partial charge on any atom is 0.298 e. The number of ether oxygens (including phenoxy) is 2. The van der Waals surface area contributed by atoms with Crippen molar-refractivity contribution >= 4 is 62.4 Å². The molecule has 0 bridgehead atoms. The molecule has 250 valence electrons. The first-order valence-electron chi connectivity index (χ1n) is 15.9. The second kappa shape index (κ2) is 14.0. The average Bonchev–Trinajstić information content (AvgIpc) is 3.41. The van der Waals surface area contributed by atoms with Gasteiger partial charge in [-0.3, -0.25) is 14.3 Å². The van der Waals surface area contributed by atoms with Crippen molar-refractivity contribution in [3.8, 4) is 22.6 Å². The summed E-state index contributed by atoms with van der Waals surface area (Å²) in [6.45, 7) is 10.4. The van der Waals surface area contributed by atoms with Crippen LogP contribution in [-0.4, -0.2) is 44.8 Å². The van der Waals surface area contributed by atoms with Gasteiger partial charge >= 0.3 is 0 Å². The average molecular weight is 753 g/mol. The van der Waals surface area contributed by atoms with Gasteiger partial charge in [0.05, 0.1) is 22.8 Å². The third-order valence-corrected chi connectivity index (χ3v) is 10.4. The lowest BCUT2D eigenvalue weighted by Gasteiger charge is -2.21. The number of halogens is 3. The van der Waals surface area contributed by atoms with E-state index in [9.17, 15) is 9.59 Å². The molecule has 48 heavy (non-hydrogen) atoms. The summed E-state index contributed by atoms with van der Waals surface area (Å²) in [4.78, 5) is 27.6. The Morgan fingerprint density at radius 3 is 2.42 bits per heavy atom. The van der Waals surface area contributed by atoms with Gasteiger partial charge in [0, 0.05) is 58.4 Å². The summed E-state index contributed by atoms with van der Waals surface area (Å²) in [5.74, 6) is 1.14. The number of fused-ring (bicyclic) bond motifs is 3. The van der Waals surface area contributed by atoms with Crippen LogP contribution in [0.2, 0.25) is 10.0 Å². The van der Waals surface area contributed by atoms with E-state index < -0.39 is 0 Å². The van der Waals surface area contributed by atoms with Gasteiger partial charge in [-0.2, -0.15) is 5.10 Å². The molecule has 3 aromatic carbocycles. The van der Waals surface area contributed by atoms with Crippen LogP contribution in [0.3, 0.4) is 0 Å². The Morgan fingerprint density at radius 1 is 0.979 bits per heavy atom. The van der Waals surface area contributed by atoms with Crippen LogP contribution in [0.4, 0.5) is 0 Å². The first kappa shape index (κ1) is 34.1. The molecule has 0 saturated carbocycles. The number of benzene rings is 3. The molecular weight excluding hydrogens is 715 g/mol. The fraction of sp³-hybridized carbons (Fsp3) is 0.324. The van der Waals surface area contributed by atoms with Crippen LogP contribution in [0.5, 0.6) is 11.5 Å². The topological polar surface area (TPSA) is 78.6 Å². The van der Waals surface area contributed by atoms with Crippen molar-refractivity contribution in [3.05, 3.63) is 96.3 Å². The fourth-order valence-corrected chi connectivity index (χ4v) is 7.77. The van der Waals surface area contributed by atoms with E-state index in [1.54, 1.807) is 12.1 Å². The molecule has 0 spiro atoms. The Hall–Kier alpha value is -3.79. The molecule has 1 aliphatic heterocycles. The van der Waals surface area contributed by atoms with Gasteiger partial charge in [-0.05, 0) is 106 Å². The fourth-order valence-electron chi connectivity index (χ4n) is 6.89. The molecule has 6 rings (SSSR count). The molecule has 0 N–H and O–H groups in total. The summed E-state index contributed by atoms with van der Waals surface area (Å²) in [6.07, 6.45) is 2.08. The molecule has 2 aromatic heterocycles. The smallest absolute Gasteiger partial charge is 0.298 e. The molecule has 0 atom stereocenters. The first-order valence-corrected chi connectivity index (χ1v) is 17.5. The molecule has 0 aliphatic carbocycles. The molecule has 8 nitrogen and oxygen atoms in total. The minimum absolute atomic E-state index is 0.0527. The maximum atomic E-state index is 14.7. The lowest BCUT2D eigenvalue weighted by atomic mass is 9.98. The Morgan fingerprint density at radius 2 is 1.73 bits per heavy atom. The van der Waals surface area contributed by atoms with E-state index in [1.165, 1.54) is 0 Å².